The zero-order valence-corrected chi connectivity index (χ0v) is 19.0. The Hall–Kier alpha value is -3.60. The lowest BCUT2D eigenvalue weighted by atomic mass is 10.0. The summed E-state index contributed by atoms with van der Waals surface area (Å²) in [6.07, 6.45) is 0.297. The smallest absolute Gasteiger partial charge is 0.407 e. The summed E-state index contributed by atoms with van der Waals surface area (Å²) in [6.45, 7) is 8.35. The molecular weight excluding hydrogens is 398 g/mol. The van der Waals surface area contributed by atoms with Crippen molar-refractivity contribution in [1.82, 2.24) is 10.3 Å². The van der Waals surface area contributed by atoms with Crippen LogP contribution in [-0.2, 0) is 11.2 Å². The number of alkyl carbamates (subject to hydrolysis) is 1. The van der Waals surface area contributed by atoms with Crippen LogP contribution in [0.3, 0.4) is 0 Å². The second-order valence-electron chi connectivity index (χ2n) is 8.53. The Kier molecular flexibility index (Phi) is 6.26. The Morgan fingerprint density at radius 2 is 1.62 bits per heavy atom. The Morgan fingerprint density at radius 1 is 0.906 bits per heavy atom. The number of anilines is 2. The van der Waals surface area contributed by atoms with E-state index in [9.17, 15) is 4.79 Å². The SMILES string of the molecule is Cc1ccc2c(Nc3ccc(CCOC(=O)NC(C)C)cc3)c3cc(C)ccc3nc2c1. The Labute approximate surface area is 188 Å². The number of aromatic nitrogens is 1. The molecule has 4 rings (SSSR count). The van der Waals surface area contributed by atoms with Crippen molar-refractivity contribution in [3.63, 3.8) is 0 Å². The van der Waals surface area contributed by atoms with E-state index in [2.05, 4.69) is 85.1 Å². The molecule has 0 saturated heterocycles. The van der Waals surface area contributed by atoms with Gasteiger partial charge in [-0.15, -0.1) is 0 Å². The van der Waals surface area contributed by atoms with Gasteiger partial charge in [0.1, 0.15) is 0 Å². The number of pyridine rings is 1. The highest BCUT2D eigenvalue weighted by atomic mass is 16.5. The molecule has 0 aliphatic rings. The second-order valence-corrected chi connectivity index (χ2v) is 8.53. The van der Waals surface area contributed by atoms with E-state index in [4.69, 9.17) is 9.72 Å². The number of nitrogens with one attached hydrogen (secondary N) is 2. The van der Waals surface area contributed by atoms with E-state index in [1.807, 2.05) is 13.8 Å². The molecule has 0 atom stereocenters. The summed E-state index contributed by atoms with van der Waals surface area (Å²) in [5.41, 5.74) is 7.53. The number of amides is 1. The van der Waals surface area contributed by atoms with Crippen molar-refractivity contribution in [3.05, 3.63) is 77.4 Å². The Morgan fingerprint density at radius 3 is 2.38 bits per heavy atom. The zero-order valence-electron chi connectivity index (χ0n) is 19.0. The zero-order chi connectivity index (χ0) is 22.7. The first-order valence-electron chi connectivity index (χ1n) is 11.0. The van der Waals surface area contributed by atoms with E-state index < -0.39 is 0 Å². The first-order valence-corrected chi connectivity index (χ1v) is 11.0. The number of hydrogen-bond acceptors (Lipinski definition) is 4. The van der Waals surface area contributed by atoms with Crippen LogP contribution in [0.25, 0.3) is 21.8 Å². The van der Waals surface area contributed by atoms with Gasteiger partial charge in [0, 0.05) is 28.9 Å². The highest BCUT2D eigenvalue weighted by Gasteiger charge is 2.11. The summed E-state index contributed by atoms with van der Waals surface area (Å²) < 4.78 is 5.23. The number of hydrogen-bond donors (Lipinski definition) is 2. The quantitative estimate of drug-likeness (QED) is 0.348. The van der Waals surface area contributed by atoms with Crippen LogP contribution in [0.4, 0.5) is 16.2 Å². The number of benzene rings is 3. The second kappa shape index (κ2) is 9.27. The van der Waals surface area contributed by atoms with E-state index in [0.717, 1.165) is 38.7 Å². The van der Waals surface area contributed by atoms with Crippen LogP contribution < -0.4 is 10.6 Å². The summed E-state index contributed by atoms with van der Waals surface area (Å²) in [5, 5.41) is 8.56. The molecule has 32 heavy (non-hydrogen) atoms. The van der Waals surface area contributed by atoms with Crippen molar-refractivity contribution >= 4 is 39.3 Å². The molecule has 0 saturated carbocycles. The van der Waals surface area contributed by atoms with Gasteiger partial charge in [-0.25, -0.2) is 9.78 Å². The average molecular weight is 428 g/mol. The lowest BCUT2D eigenvalue weighted by Crippen LogP contribution is -2.31. The number of ether oxygens (including phenoxy) is 1. The monoisotopic (exact) mass is 427 g/mol. The maximum absolute atomic E-state index is 11.6. The Bertz CT molecular complexity index is 1260. The van der Waals surface area contributed by atoms with Crippen molar-refractivity contribution in [2.24, 2.45) is 0 Å². The molecule has 164 valence electrons. The van der Waals surface area contributed by atoms with Crippen LogP contribution in [0.2, 0.25) is 0 Å². The van der Waals surface area contributed by atoms with Gasteiger partial charge >= 0.3 is 6.09 Å². The fourth-order valence-electron chi connectivity index (χ4n) is 3.74. The first kappa shape index (κ1) is 21.6. The van der Waals surface area contributed by atoms with Crippen molar-refractivity contribution < 1.29 is 9.53 Å². The maximum atomic E-state index is 11.6. The normalized spacial score (nSPS) is 11.2. The van der Waals surface area contributed by atoms with Crippen LogP contribution in [0.1, 0.15) is 30.5 Å². The average Bonchev–Trinajstić information content (AvgIpc) is 2.74. The molecule has 3 aromatic carbocycles. The van der Waals surface area contributed by atoms with E-state index in [1.165, 1.54) is 11.1 Å². The summed E-state index contributed by atoms with van der Waals surface area (Å²) in [5.74, 6) is 0. The molecule has 1 heterocycles. The number of fused-ring (bicyclic) bond motifs is 2. The fraction of sp³-hybridized carbons (Fsp3) is 0.259. The summed E-state index contributed by atoms with van der Waals surface area (Å²) in [7, 11) is 0. The molecule has 0 aliphatic carbocycles. The number of carbonyl (C=O) groups excluding carboxylic acids is 1. The highest BCUT2D eigenvalue weighted by Crippen LogP contribution is 2.34. The van der Waals surface area contributed by atoms with Crippen molar-refractivity contribution in [2.45, 2.75) is 40.2 Å². The summed E-state index contributed by atoms with van der Waals surface area (Å²) >= 11 is 0. The third-order valence-electron chi connectivity index (χ3n) is 5.34. The third-order valence-corrected chi connectivity index (χ3v) is 5.34. The van der Waals surface area contributed by atoms with Gasteiger partial charge in [0.15, 0.2) is 0 Å². The van der Waals surface area contributed by atoms with E-state index in [-0.39, 0.29) is 12.1 Å². The maximum Gasteiger partial charge on any atom is 0.407 e. The van der Waals surface area contributed by atoms with Gasteiger partial charge in [-0.1, -0.05) is 35.9 Å². The predicted molar refractivity (Wildman–Crippen MR) is 132 cm³/mol. The first-order chi connectivity index (χ1) is 15.4. The van der Waals surface area contributed by atoms with Crippen LogP contribution in [0.5, 0.6) is 0 Å². The van der Waals surface area contributed by atoms with Crippen molar-refractivity contribution in [1.29, 1.82) is 0 Å². The van der Waals surface area contributed by atoms with Crippen LogP contribution in [0.15, 0.2) is 60.7 Å². The predicted octanol–water partition coefficient (Wildman–Crippen LogP) is 6.43. The molecule has 0 spiro atoms. The lowest BCUT2D eigenvalue weighted by molar-refractivity contribution is 0.145. The molecule has 0 aliphatic heterocycles. The van der Waals surface area contributed by atoms with Crippen LogP contribution in [0, 0.1) is 13.8 Å². The number of aryl methyl sites for hydroxylation is 2. The molecule has 1 amide bonds. The number of carbonyl (C=O) groups is 1. The van der Waals surface area contributed by atoms with Crippen molar-refractivity contribution in [3.8, 4) is 0 Å². The summed E-state index contributed by atoms with van der Waals surface area (Å²) in [4.78, 5) is 16.5. The molecular formula is C27H29N3O2. The molecule has 0 bridgehead atoms. The van der Waals surface area contributed by atoms with E-state index in [0.29, 0.717) is 13.0 Å². The summed E-state index contributed by atoms with van der Waals surface area (Å²) in [6, 6.07) is 21.1. The minimum atomic E-state index is -0.375. The van der Waals surface area contributed by atoms with Crippen LogP contribution >= 0.6 is 0 Å². The molecule has 5 heteroatoms. The van der Waals surface area contributed by atoms with Gasteiger partial charge in [-0.2, -0.15) is 0 Å². The molecule has 1 aromatic heterocycles. The van der Waals surface area contributed by atoms with Gasteiger partial charge in [0.25, 0.3) is 0 Å². The minimum Gasteiger partial charge on any atom is -0.449 e. The van der Waals surface area contributed by atoms with Gasteiger partial charge in [0.2, 0.25) is 0 Å². The van der Waals surface area contributed by atoms with Gasteiger partial charge < -0.3 is 15.4 Å². The molecule has 0 fully saturated rings. The largest absolute Gasteiger partial charge is 0.449 e. The molecule has 4 aromatic rings. The van der Waals surface area contributed by atoms with Gasteiger partial charge in [-0.3, -0.25) is 0 Å². The molecule has 0 radical (unpaired) electrons. The third kappa shape index (κ3) is 4.99. The van der Waals surface area contributed by atoms with Crippen molar-refractivity contribution in [2.75, 3.05) is 11.9 Å². The Balaban J connectivity index is 1.56. The number of nitrogens with zero attached hydrogens (tertiary/aromatic N) is 1. The molecule has 2 N–H and O–H groups in total. The van der Waals surface area contributed by atoms with Gasteiger partial charge in [0.05, 0.1) is 23.3 Å². The fourth-order valence-corrected chi connectivity index (χ4v) is 3.74. The van der Waals surface area contributed by atoms with E-state index >= 15 is 0 Å². The molecule has 0 unspecified atom stereocenters. The lowest BCUT2D eigenvalue weighted by Gasteiger charge is -2.15. The van der Waals surface area contributed by atoms with E-state index in [1.54, 1.807) is 0 Å². The standard InChI is InChI=1S/C27H29N3O2/c1-17(2)28-27(31)32-14-13-20-7-9-21(10-8-20)29-26-22-11-5-19(4)16-25(22)30-24-12-6-18(3)15-23(24)26/h5-12,15-17H,13-14H2,1-4H3,(H,28,31)(H,29,30). The van der Waals surface area contributed by atoms with Gasteiger partial charge in [-0.05, 0) is 69.2 Å². The highest BCUT2D eigenvalue weighted by molar-refractivity contribution is 6.09. The minimum absolute atomic E-state index is 0.0703. The number of rotatable bonds is 6. The van der Waals surface area contributed by atoms with Crippen LogP contribution in [-0.4, -0.2) is 23.7 Å². The topological polar surface area (TPSA) is 63.2 Å². The molecule has 5 nitrogen and oxygen atoms in total.